The van der Waals surface area contributed by atoms with Crippen LogP contribution in [0.3, 0.4) is 0 Å². The number of ether oxygens (including phenoxy) is 1. The highest BCUT2D eigenvalue weighted by Gasteiger charge is 2.32. The van der Waals surface area contributed by atoms with Crippen molar-refractivity contribution in [2.24, 2.45) is 0 Å². The highest BCUT2D eigenvalue weighted by Crippen LogP contribution is 2.22. The number of nitrogens with zero attached hydrogens (tertiary/aromatic N) is 2. The smallest absolute Gasteiger partial charge is 0.252 e. The lowest BCUT2D eigenvalue weighted by Gasteiger charge is -2.31. The first kappa shape index (κ1) is 21.2. The van der Waals surface area contributed by atoms with Gasteiger partial charge in [0.05, 0.1) is 29.9 Å². The maximum Gasteiger partial charge on any atom is 0.252 e. The van der Waals surface area contributed by atoms with Gasteiger partial charge in [0.25, 0.3) is 5.91 Å². The van der Waals surface area contributed by atoms with Crippen molar-refractivity contribution in [3.8, 4) is 0 Å². The SMILES string of the molecule is CS(=O)(=O)N1CCCC(NC(=O)c2ccccc2S(=O)(=O)N2CCOCC2)C1. The summed E-state index contributed by atoms with van der Waals surface area (Å²) in [5.41, 5.74) is 0.0606. The lowest BCUT2D eigenvalue weighted by Crippen LogP contribution is -2.49. The van der Waals surface area contributed by atoms with Crippen molar-refractivity contribution in [1.82, 2.24) is 13.9 Å². The number of piperidine rings is 1. The number of carbonyl (C=O) groups excluding carboxylic acids is 1. The minimum absolute atomic E-state index is 0.0508. The predicted octanol–water partition coefficient (Wildman–Crippen LogP) is -0.139. The number of hydrogen-bond acceptors (Lipinski definition) is 6. The van der Waals surface area contributed by atoms with E-state index in [9.17, 15) is 21.6 Å². The molecule has 1 unspecified atom stereocenters. The van der Waals surface area contributed by atoms with E-state index in [1.165, 1.54) is 20.7 Å². The van der Waals surface area contributed by atoms with Gasteiger partial charge in [-0.3, -0.25) is 4.79 Å². The second-order valence-corrected chi connectivity index (χ2v) is 10.8. The average Bonchev–Trinajstić information content (AvgIpc) is 2.68. The van der Waals surface area contributed by atoms with Gasteiger partial charge in [0.1, 0.15) is 0 Å². The van der Waals surface area contributed by atoms with Crippen LogP contribution in [0, 0.1) is 0 Å². The molecule has 0 saturated carbocycles. The summed E-state index contributed by atoms with van der Waals surface area (Å²) < 4.78 is 57.4. The molecule has 156 valence electrons. The number of rotatable bonds is 5. The Kier molecular flexibility index (Phi) is 6.40. The summed E-state index contributed by atoms with van der Waals surface area (Å²) in [5, 5.41) is 2.80. The molecule has 3 rings (SSSR count). The molecule has 2 aliphatic heterocycles. The average molecular weight is 432 g/mol. The van der Waals surface area contributed by atoms with Gasteiger partial charge in [0.15, 0.2) is 0 Å². The Hall–Kier alpha value is -1.53. The number of morpholine rings is 1. The molecule has 0 aliphatic carbocycles. The van der Waals surface area contributed by atoms with Crippen molar-refractivity contribution < 1.29 is 26.4 Å². The van der Waals surface area contributed by atoms with Crippen LogP contribution in [0.1, 0.15) is 23.2 Å². The molecule has 1 N–H and O–H groups in total. The number of amides is 1. The van der Waals surface area contributed by atoms with Crippen LogP contribution >= 0.6 is 0 Å². The zero-order chi connectivity index (χ0) is 20.4. The lowest BCUT2D eigenvalue weighted by molar-refractivity contribution is 0.0729. The van der Waals surface area contributed by atoms with E-state index < -0.39 is 26.0 Å². The fourth-order valence-electron chi connectivity index (χ4n) is 3.43. The molecule has 1 aromatic carbocycles. The molecule has 2 fully saturated rings. The highest BCUT2D eigenvalue weighted by atomic mass is 32.2. The molecule has 1 atom stereocenters. The third kappa shape index (κ3) is 4.71. The molecular formula is C17H25N3O6S2. The van der Waals surface area contributed by atoms with Crippen molar-refractivity contribution in [2.45, 2.75) is 23.8 Å². The Morgan fingerprint density at radius 1 is 1.07 bits per heavy atom. The van der Waals surface area contributed by atoms with Crippen LogP contribution < -0.4 is 5.32 Å². The van der Waals surface area contributed by atoms with Crippen molar-refractivity contribution >= 4 is 26.0 Å². The summed E-state index contributed by atoms with van der Waals surface area (Å²) in [5.74, 6) is -0.521. The first-order valence-electron chi connectivity index (χ1n) is 9.12. The van der Waals surface area contributed by atoms with Crippen molar-refractivity contribution in [1.29, 1.82) is 0 Å². The molecule has 0 spiro atoms. The van der Waals surface area contributed by atoms with E-state index in [0.717, 1.165) is 6.26 Å². The predicted molar refractivity (Wildman–Crippen MR) is 103 cm³/mol. The van der Waals surface area contributed by atoms with Gasteiger partial charge < -0.3 is 10.1 Å². The molecular weight excluding hydrogens is 406 g/mol. The molecule has 0 aromatic heterocycles. The molecule has 1 amide bonds. The van der Waals surface area contributed by atoms with Crippen LogP contribution in [0.4, 0.5) is 0 Å². The Balaban J connectivity index is 1.79. The van der Waals surface area contributed by atoms with Crippen LogP contribution in [0.25, 0.3) is 0 Å². The lowest BCUT2D eigenvalue weighted by atomic mass is 10.1. The van der Waals surface area contributed by atoms with E-state index in [-0.39, 0.29) is 36.1 Å². The highest BCUT2D eigenvalue weighted by molar-refractivity contribution is 7.89. The second-order valence-electron chi connectivity index (χ2n) is 6.95. The fourth-order valence-corrected chi connectivity index (χ4v) is 5.94. The number of carbonyl (C=O) groups is 1. The number of benzene rings is 1. The van der Waals surface area contributed by atoms with Gasteiger partial charge in [0, 0.05) is 32.2 Å². The molecule has 0 bridgehead atoms. The second kappa shape index (κ2) is 8.46. The van der Waals surface area contributed by atoms with Gasteiger partial charge in [-0.2, -0.15) is 4.31 Å². The number of nitrogens with one attached hydrogen (secondary N) is 1. The van der Waals surface area contributed by atoms with Crippen molar-refractivity contribution in [3.63, 3.8) is 0 Å². The molecule has 1 aromatic rings. The molecule has 0 radical (unpaired) electrons. The van der Waals surface area contributed by atoms with E-state index in [2.05, 4.69) is 5.32 Å². The third-order valence-corrected chi connectivity index (χ3v) is 8.13. The van der Waals surface area contributed by atoms with Gasteiger partial charge in [-0.15, -0.1) is 0 Å². The summed E-state index contributed by atoms with van der Waals surface area (Å²) >= 11 is 0. The summed E-state index contributed by atoms with van der Waals surface area (Å²) in [6.45, 7) is 1.72. The number of hydrogen-bond donors (Lipinski definition) is 1. The Bertz CT molecular complexity index is 926. The van der Waals surface area contributed by atoms with Gasteiger partial charge in [-0.1, -0.05) is 12.1 Å². The standard InChI is InChI=1S/C17H25N3O6S2/c1-27(22,23)20-8-4-5-14(13-20)18-17(21)15-6-2-3-7-16(15)28(24,25)19-9-11-26-12-10-19/h2-3,6-7,14H,4-5,8-13H2,1H3,(H,18,21). The zero-order valence-corrected chi connectivity index (χ0v) is 17.3. The molecule has 11 heteroatoms. The van der Waals surface area contributed by atoms with Crippen LogP contribution in [0.2, 0.25) is 0 Å². The van der Waals surface area contributed by atoms with E-state index >= 15 is 0 Å². The van der Waals surface area contributed by atoms with Crippen molar-refractivity contribution in [2.75, 3.05) is 45.6 Å². The summed E-state index contributed by atoms with van der Waals surface area (Å²) in [6.07, 6.45) is 2.41. The van der Waals surface area contributed by atoms with Crippen LogP contribution in [-0.2, 0) is 24.8 Å². The summed E-state index contributed by atoms with van der Waals surface area (Å²) in [6, 6.07) is 5.71. The van der Waals surface area contributed by atoms with Gasteiger partial charge >= 0.3 is 0 Å². The minimum atomic E-state index is -3.83. The quantitative estimate of drug-likeness (QED) is 0.694. The number of sulfonamides is 2. The van der Waals surface area contributed by atoms with E-state index in [4.69, 9.17) is 4.74 Å². The van der Waals surface area contributed by atoms with Gasteiger partial charge in [0.2, 0.25) is 20.0 Å². The normalized spacial score (nSPS) is 22.7. The van der Waals surface area contributed by atoms with Crippen LogP contribution in [0.5, 0.6) is 0 Å². The fraction of sp³-hybridized carbons (Fsp3) is 0.588. The largest absolute Gasteiger partial charge is 0.379 e. The zero-order valence-electron chi connectivity index (χ0n) is 15.7. The molecule has 2 saturated heterocycles. The minimum Gasteiger partial charge on any atom is -0.379 e. The molecule has 2 heterocycles. The Morgan fingerprint density at radius 2 is 1.75 bits per heavy atom. The molecule has 28 heavy (non-hydrogen) atoms. The maximum absolute atomic E-state index is 13.0. The van der Waals surface area contributed by atoms with Gasteiger partial charge in [-0.25, -0.2) is 21.1 Å². The molecule has 9 nitrogen and oxygen atoms in total. The Labute approximate surface area is 165 Å². The summed E-state index contributed by atoms with van der Waals surface area (Å²) in [7, 11) is -7.16. The Morgan fingerprint density at radius 3 is 2.43 bits per heavy atom. The van der Waals surface area contributed by atoms with E-state index in [1.807, 2.05) is 0 Å². The summed E-state index contributed by atoms with van der Waals surface area (Å²) in [4.78, 5) is 12.8. The van der Waals surface area contributed by atoms with Gasteiger partial charge in [-0.05, 0) is 25.0 Å². The van der Waals surface area contributed by atoms with Crippen LogP contribution in [-0.4, -0.2) is 83.0 Å². The monoisotopic (exact) mass is 431 g/mol. The first-order chi connectivity index (χ1) is 13.2. The van der Waals surface area contributed by atoms with E-state index in [0.29, 0.717) is 32.6 Å². The van der Waals surface area contributed by atoms with Crippen LogP contribution in [0.15, 0.2) is 29.2 Å². The molecule has 2 aliphatic rings. The first-order valence-corrected chi connectivity index (χ1v) is 12.4. The van der Waals surface area contributed by atoms with E-state index in [1.54, 1.807) is 12.1 Å². The van der Waals surface area contributed by atoms with Crippen molar-refractivity contribution in [3.05, 3.63) is 29.8 Å². The topological polar surface area (TPSA) is 113 Å². The maximum atomic E-state index is 13.0. The third-order valence-electron chi connectivity index (χ3n) is 4.91.